The van der Waals surface area contributed by atoms with Gasteiger partial charge in [-0.1, -0.05) is 0 Å². The van der Waals surface area contributed by atoms with E-state index >= 15 is 4.39 Å². The van der Waals surface area contributed by atoms with Gasteiger partial charge in [0, 0.05) is 50.5 Å². The number of esters is 1. The molecule has 1 saturated heterocycles. The maximum absolute atomic E-state index is 15.5. The predicted molar refractivity (Wildman–Crippen MR) is 133 cm³/mol. The Morgan fingerprint density at radius 2 is 1.97 bits per heavy atom. The lowest BCUT2D eigenvalue weighted by Gasteiger charge is -2.37. The van der Waals surface area contributed by atoms with Gasteiger partial charge in [0.15, 0.2) is 5.82 Å². The van der Waals surface area contributed by atoms with Crippen LogP contribution < -0.4 is 15.9 Å². The minimum atomic E-state index is -0.502. The highest BCUT2D eigenvalue weighted by Gasteiger charge is 2.24. The molecule has 2 aliphatic rings. The van der Waals surface area contributed by atoms with E-state index in [-0.39, 0.29) is 11.5 Å². The number of carbonyl (C=O) groups is 1. The largest absolute Gasteiger partial charge is 0.465 e. The average Bonchev–Trinajstić information content (AvgIpc) is 2.87. The number of benzene rings is 2. The highest BCUT2D eigenvalue weighted by molar-refractivity contribution is 6.06. The molecule has 1 aromatic heterocycles. The number of halogens is 1. The third kappa shape index (κ3) is 4.03. The number of rotatable bonds is 5. The zero-order valence-corrected chi connectivity index (χ0v) is 20.0. The number of aromatic nitrogens is 2. The van der Waals surface area contributed by atoms with Crippen molar-refractivity contribution in [3.05, 3.63) is 57.3 Å². The van der Waals surface area contributed by atoms with Crippen LogP contribution in [-0.4, -0.2) is 60.0 Å². The van der Waals surface area contributed by atoms with E-state index in [4.69, 9.17) is 4.74 Å². The van der Waals surface area contributed by atoms with Crippen LogP contribution in [0, 0.1) is 12.7 Å². The van der Waals surface area contributed by atoms with Gasteiger partial charge in [-0.15, -0.1) is 0 Å². The summed E-state index contributed by atoms with van der Waals surface area (Å²) in [5.74, 6) is -0.387. The number of aliphatic imine (C=N–C) groups is 1. The molecule has 0 unspecified atom stereocenters. The summed E-state index contributed by atoms with van der Waals surface area (Å²) in [6.07, 6.45) is 1.52. The first-order valence-electron chi connectivity index (χ1n) is 11.6. The second-order valence-electron chi connectivity index (χ2n) is 8.74. The maximum Gasteiger partial charge on any atom is 0.349 e. The molecule has 5 rings (SSSR count). The van der Waals surface area contributed by atoms with Crippen molar-refractivity contribution in [1.29, 1.82) is 0 Å². The zero-order chi connectivity index (χ0) is 24.7. The van der Waals surface area contributed by atoms with Crippen molar-refractivity contribution in [1.82, 2.24) is 14.5 Å². The molecule has 0 saturated carbocycles. The Balaban J connectivity index is 1.35. The van der Waals surface area contributed by atoms with Gasteiger partial charge in [-0.05, 0) is 43.7 Å². The minimum absolute atomic E-state index is 0.0616. The lowest BCUT2D eigenvalue weighted by Crippen LogP contribution is -2.46. The summed E-state index contributed by atoms with van der Waals surface area (Å²) in [5, 5.41) is 3.61. The Labute approximate surface area is 201 Å². The maximum atomic E-state index is 15.5. The monoisotopic (exact) mass is 478 g/mol. The average molecular weight is 479 g/mol. The van der Waals surface area contributed by atoms with E-state index in [0.29, 0.717) is 41.1 Å². The summed E-state index contributed by atoms with van der Waals surface area (Å²) in [5.41, 5.74) is 3.37. The minimum Gasteiger partial charge on any atom is -0.465 e. The number of methoxy groups -OCH3 is 1. The fourth-order valence-electron chi connectivity index (χ4n) is 4.87. The lowest BCUT2D eigenvalue weighted by atomic mass is 10.1. The number of nitrogens with zero attached hydrogens (tertiary/aromatic N) is 5. The van der Waals surface area contributed by atoms with E-state index in [1.165, 1.54) is 18.0 Å². The molecule has 10 heteroatoms. The Morgan fingerprint density at radius 1 is 1.20 bits per heavy atom. The zero-order valence-electron chi connectivity index (χ0n) is 20.0. The second kappa shape index (κ2) is 9.10. The number of piperazine rings is 1. The fraction of sp³-hybridized carbons (Fsp3) is 0.360. The Kier molecular flexibility index (Phi) is 5.98. The van der Waals surface area contributed by atoms with Crippen molar-refractivity contribution >= 4 is 40.4 Å². The number of ether oxygens (including phenoxy) is 1. The molecule has 35 heavy (non-hydrogen) atoms. The van der Waals surface area contributed by atoms with Gasteiger partial charge in [-0.3, -0.25) is 9.47 Å². The van der Waals surface area contributed by atoms with E-state index in [1.54, 1.807) is 12.1 Å². The molecule has 0 radical (unpaired) electrons. The molecule has 0 atom stereocenters. The van der Waals surface area contributed by atoms with Crippen molar-refractivity contribution < 1.29 is 13.9 Å². The van der Waals surface area contributed by atoms with Gasteiger partial charge in [0.1, 0.15) is 11.3 Å². The first kappa shape index (κ1) is 23.0. The van der Waals surface area contributed by atoms with Crippen molar-refractivity contribution in [3.63, 3.8) is 0 Å². The van der Waals surface area contributed by atoms with Gasteiger partial charge in [0.05, 0.1) is 30.1 Å². The molecule has 0 amide bonds. The van der Waals surface area contributed by atoms with Gasteiger partial charge in [0.2, 0.25) is 0 Å². The highest BCUT2D eigenvalue weighted by atomic mass is 19.1. The summed E-state index contributed by atoms with van der Waals surface area (Å²) in [7, 11) is 1.37. The summed E-state index contributed by atoms with van der Waals surface area (Å²) in [6.45, 7) is 7.67. The first-order valence-corrected chi connectivity index (χ1v) is 11.6. The molecule has 9 nitrogen and oxygen atoms in total. The van der Waals surface area contributed by atoms with Gasteiger partial charge < -0.3 is 15.0 Å². The molecule has 1 N–H and O–H groups in total. The molecule has 182 valence electrons. The standard InChI is InChI=1S/C25H27FN6O3/c1-4-32-23-20-18(27-14-28-23)12-17(21(26)22(20)29-25(32)34)13-30-7-9-31(10-8-30)19-6-5-16(11-15(19)2)24(33)35-3/h5-6,11-12,14H,4,7-10,13H2,1-3H3,(H,27,28). The SMILES string of the molecule is CCn1c2c3c(cc(CN4CCN(c5ccc(C(=O)OC)cc5C)CC4)c(F)c3nc1=O)NC=N2. The summed E-state index contributed by atoms with van der Waals surface area (Å²) < 4.78 is 21.8. The number of nitrogens with one attached hydrogen (secondary N) is 1. The molecule has 1 fully saturated rings. The van der Waals surface area contributed by atoms with E-state index < -0.39 is 11.5 Å². The molecule has 0 spiro atoms. The van der Waals surface area contributed by atoms with Crippen LogP contribution in [0.1, 0.15) is 28.4 Å². The van der Waals surface area contributed by atoms with Crippen molar-refractivity contribution in [2.75, 3.05) is 43.5 Å². The highest BCUT2D eigenvalue weighted by Crippen LogP contribution is 2.36. The summed E-state index contributed by atoms with van der Waals surface area (Å²) in [6, 6.07) is 7.36. The molecule has 0 bridgehead atoms. The smallest absolute Gasteiger partial charge is 0.349 e. The normalized spacial score (nSPS) is 15.4. The Bertz CT molecular complexity index is 1410. The molecule has 3 aromatic rings. The molecular formula is C25H27FN6O3. The van der Waals surface area contributed by atoms with Crippen molar-refractivity contribution in [2.45, 2.75) is 26.9 Å². The number of aryl methyl sites for hydroxylation is 1. The molecule has 2 aromatic carbocycles. The van der Waals surface area contributed by atoms with Gasteiger partial charge in [0.25, 0.3) is 0 Å². The van der Waals surface area contributed by atoms with Crippen LogP contribution in [0.3, 0.4) is 0 Å². The van der Waals surface area contributed by atoms with Crippen LogP contribution in [0.2, 0.25) is 0 Å². The molecular weight excluding hydrogens is 451 g/mol. The van der Waals surface area contributed by atoms with Crippen LogP contribution in [0.25, 0.3) is 10.9 Å². The van der Waals surface area contributed by atoms with E-state index in [1.807, 2.05) is 26.0 Å². The van der Waals surface area contributed by atoms with Crippen molar-refractivity contribution in [2.24, 2.45) is 4.99 Å². The van der Waals surface area contributed by atoms with E-state index in [2.05, 4.69) is 25.1 Å². The van der Waals surface area contributed by atoms with Crippen molar-refractivity contribution in [3.8, 4) is 0 Å². The number of hydrogen-bond acceptors (Lipinski definition) is 8. The van der Waals surface area contributed by atoms with Crippen LogP contribution in [0.15, 0.2) is 34.1 Å². The second-order valence-corrected chi connectivity index (χ2v) is 8.74. The third-order valence-electron chi connectivity index (χ3n) is 6.68. The molecule has 0 aliphatic carbocycles. The Morgan fingerprint density at radius 3 is 2.66 bits per heavy atom. The topological polar surface area (TPSA) is 92.1 Å². The first-order chi connectivity index (χ1) is 16.9. The van der Waals surface area contributed by atoms with Crippen LogP contribution in [-0.2, 0) is 17.8 Å². The van der Waals surface area contributed by atoms with Gasteiger partial charge >= 0.3 is 11.7 Å². The van der Waals surface area contributed by atoms with Gasteiger partial charge in [-0.25, -0.2) is 19.0 Å². The van der Waals surface area contributed by atoms with Crippen LogP contribution in [0.5, 0.6) is 0 Å². The summed E-state index contributed by atoms with van der Waals surface area (Å²) in [4.78, 5) is 37.0. The number of anilines is 2. The van der Waals surface area contributed by atoms with Crippen LogP contribution >= 0.6 is 0 Å². The van der Waals surface area contributed by atoms with Crippen LogP contribution in [0.4, 0.5) is 21.6 Å². The molecule has 2 aliphatic heterocycles. The fourth-order valence-corrected chi connectivity index (χ4v) is 4.87. The molecule has 3 heterocycles. The van der Waals surface area contributed by atoms with E-state index in [9.17, 15) is 9.59 Å². The van der Waals surface area contributed by atoms with E-state index in [0.717, 1.165) is 37.4 Å². The quantitative estimate of drug-likeness (QED) is 0.564. The number of hydrogen-bond donors (Lipinski definition) is 1. The Hall–Kier alpha value is -3.79. The van der Waals surface area contributed by atoms with Gasteiger partial charge in [-0.2, -0.15) is 4.98 Å². The third-order valence-corrected chi connectivity index (χ3v) is 6.68. The predicted octanol–water partition coefficient (Wildman–Crippen LogP) is 3.06. The number of carbonyl (C=O) groups excluding carboxylic acids is 1. The lowest BCUT2D eigenvalue weighted by molar-refractivity contribution is 0.0600. The summed E-state index contributed by atoms with van der Waals surface area (Å²) >= 11 is 0.